The molecule has 0 bridgehead atoms. The van der Waals surface area contributed by atoms with E-state index in [9.17, 15) is 9.59 Å². The highest BCUT2D eigenvalue weighted by Crippen LogP contribution is 2.14. The Labute approximate surface area is 145 Å². The third-order valence-corrected chi connectivity index (χ3v) is 3.90. The van der Waals surface area contributed by atoms with E-state index in [4.69, 9.17) is 0 Å². The van der Waals surface area contributed by atoms with Gasteiger partial charge in [0.1, 0.15) is 0 Å². The monoisotopic (exact) mass is 334 g/mol. The van der Waals surface area contributed by atoms with Crippen LogP contribution in [0.25, 0.3) is 0 Å². The SMILES string of the molecule is CC(=O)c1cccc(NC(=O)c2nnn(Cc3ccccc3)c2C)c1. The number of aromatic nitrogens is 3. The van der Waals surface area contributed by atoms with Gasteiger partial charge in [0.2, 0.25) is 0 Å². The fraction of sp³-hybridized carbons (Fsp3) is 0.158. The van der Waals surface area contributed by atoms with Gasteiger partial charge < -0.3 is 5.32 Å². The van der Waals surface area contributed by atoms with Gasteiger partial charge >= 0.3 is 0 Å². The Bertz CT molecular complexity index is 916. The Morgan fingerprint density at radius 3 is 2.56 bits per heavy atom. The Hall–Kier alpha value is -3.28. The molecule has 0 aliphatic carbocycles. The van der Waals surface area contributed by atoms with E-state index in [1.807, 2.05) is 37.3 Å². The van der Waals surface area contributed by atoms with Gasteiger partial charge in [-0.15, -0.1) is 5.10 Å². The summed E-state index contributed by atoms with van der Waals surface area (Å²) in [5.41, 5.74) is 3.13. The third-order valence-electron chi connectivity index (χ3n) is 3.90. The average molecular weight is 334 g/mol. The topological polar surface area (TPSA) is 76.9 Å². The van der Waals surface area contributed by atoms with Crippen LogP contribution in [0.2, 0.25) is 0 Å². The summed E-state index contributed by atoms with van der Waals surface area (Å²) in [4.78, 5) is 23.9. The number of hydrogen-bond acceptors (Lipinski definition) is 4. The summed E-state index contributed by atoms with van der Waals surface area (Å²) in [7, 11) is 0. The minimum absolute atomic E-state index is 0.0546. The zero-order chi connectivity index (χ0) is 17.8. The summed E-state index contributed by atoms with van der Waals surface area (Å²) in [6, 6.07) is 16.7. The first-order chi connectivity index (χ1) is 12.0. The average Bonchev–Trinajstić information content (AvgIpc) is 2.97. The first kappa shape index (κ1) is 16.6. The van der Waals surface area contributed by atoms with Crippen molar-refractivity contribution in [2.45, 2.75) is 20.4 Å². The first-order valence-electron chi connectivity index (χ1n) is 7.91. The van der Waals surface area contributed by atoms with Gasteiger partial charge in [0, 0.05) is 11.3 Å². The highest BCUT2D eigenvalue weighted by atomic mass is 16.2. The van der Waals surface area contributed by atoms with Crippen molar-refractivity contribution < 1.29 is 9.59 Å². The molecular weight excluding hydrogens is 316 g/mol. The van der Waals surface area contributed by atoms with Crippen LogP contribution >= 0.6 is 0 Å². The van der Waals surface area contributed by atoms with Gasteiger partial charge in [0.05, 0.1) is 12.2 Å². The molecule has 1 aromatic heterocycles. The fourth-order valence-corrected chi connectivity index (χ4v) is 2.48. The molecule has 0 saturated carbocycles. The molecule has 0 spiro atoms. The first-order valence-corrected chi connectivity index (χ1v) is 7.91. The van der Waals surface area contributed by atoms with Crippen molar-refractivity contribution in [1.82, 2.24) is 15.0 Å². The number of nitrogens with one attached hydrogen (secondary N) is 1. The molecule has 6 heteroatoms. The van der Waals surface area contributed by atoms with E-state index in [-0.39, 0.29) is 17.4 Å². The molecule has 1 N–H and O–H groups in total. The highest BCUT2D eigenvalue weighted by Gasteiger charge is 2.17. The molecule has 0 fully saturated rings. The number of rotatable bonds is 5. The second-order valence-electron chi connectivity index (χ2n) is 5.76. The van der Waals surface area contributed by atoms with E-state index < -0.39 is 0 Å². The van der Waals surface area contributed by atoms with Crippen molar-refractivity contribution in [3.63, 3.8) is 0 Å². The molecule has 1 heterocycles. The number of amides is 1. The van der Waals surface area contributed by atoms with Crippen LogP contribution in [-0.2, 0) is 6.54 Å². The van der Waals surface area contributed by atoms with E-state index >= 15 is 0 Å². The van der Waals surface area contributed by atoms with Crippen molar-refractivity contribution in [3.05, 3.63) is 77.1 Å². The predicted octanol–water partition coefficient (Wildman–Crippen LogP) is 3.09. The lowest BCUT2D eigenvalue weighted by Crippen LogP contribution is -2.14. The Morgan fingerprint density at radius 2 is 1.84 bits per heavy atom. The minimum Gasteiger partial charge on any atom is -0.321 e. The van der Waals surface area contributed by atoms with Gasteiger partial charge in [0.25, 0.3) is 5.91 Å². The van der Waals surface area contributed by atoms with E-state index in [0.717, 1.165) is 5.56 Å². The summed E-state index contributed by atoms with van der Waals surface area (Å²) < 4.78 is 1.69. The van der Waals surface area contributed by atoms with Gasteiger partial charge in [-0.25, -0.2) is 4.68 Å². The summed E-state index contributed by atoms with van der Waals surface area (Å²) in [5, 5.41) is 10.8. The van der Waals surface area contributed by atoms with Crippen LogP contribution in [0.1, 0.15) is 39.0 Å². The molecule has 3 aromatic rings. The lowest BCUT2D eigenvalue weighted by atomic mass is 10.1. The number of anilines is 1. The van der Waals surface area contributed by atoms with Crippen molar-refractivity contribution in [2.24, 2.45) is 0 Å². The van der Waals surface area contributed by atoms with Gasteiger partial charge in [-0.05, 0) is 31.5 Å². The summed E-state index contributed by atoms with van der Waals surface area (Å²) in [6.07, 6.45) is 0. The van der Waals surface area contributed by atoms with Crippen molar-refractivity contribution in [2.75, 3.05) is 5.32 Å². The third kappa shape index (κ3) is 3.80. The number of nitrogens with zero attached hydrogens (tertiary/aromatic N) is 3. The van der Waals surface area contributed by atoms with Crippen LogP contribution in [0, 0.1) is 6.92 Å². The number of carbonyl (C=O) groups excluding carboxylic acids is 2. The molecule has 0 aliphatic heterocycles. The Morgan fingerprint density at radius 1 is 1.08 bits per heavy atom. The maximum Gasteiger partial charge on any atom is 0.278 e. The summed E-state index contributed by atoms with van der Waals surface area (Å²) in [6.45, 7) is 3.84. The largest absolute Gasteiger partial charge is 0.321 e. The van der Waals surface area contributed by atoms with E-state index in [1.54, 1.807) is 28.9 Å². The molecule has 3 rings (SSSR count). The molecule has 6 nitrogen and oxygen atoms in total. The van der Waals surface area contributed by atoms with Crippen LogP contribution in [0.5, 0.6) is 0 Å². The summed E-state index contributed by atoms with van der Waals surface area (Å²) in [5.74, 6) is -0.404. The highest BCUT2D eigenvalue weighted by molar-refractivity contribution is 6.04. The molecule has 0 radical (unpaired) electrons. The molecule has 25 heavy (non-hydrogen) atoms. The molecule has 126 valence electrons. The number of benzene rings is 2. The second-order valence-corrected chi connectivity index (χ2v) is 5.76. The summed E-state index contributed by atoms with van der Waals surface area (Å²) >= 11 is 0. The lowest BCUT2D eigenvalue weighted by Gasteiger charge is -2.06. The van der Waals surface area contributed by atoms with Gasteiger partial charge in [0.15, 0.2) is 11.5 Å². The molecule has 2 aromatic carbocycles. The van der Waals surface area contributed by atoms with Crippen LogP contribution in [0.3, 0.4) is 0 Å². The number of hydrogen-bond donors (Lipinski definition) is 1. The lowest BCUT2D eigenvalue weighted by molar-refractivity contribution is 0.100. The van der Waals surface area contributed by atoms with Gasteiger partial charge in [-0.3, -0.25) is 9.59 Å². The maximum absolute atomic E-state index is 12.5. The quantitative estimate of drug-likeness (QED) is 0.727. The van der Waals surface area contributed by atoms with Crippen LogP contribution in [-0.4, -0.2) is 26.7 Å². The zero-order valence-electron chi connectivity index (χ0n) is 14.1. The molecule has 0 aliphatic rings. The molecular formula is C19H18N4O2. The van der Waals surface area contributed by atoms with E-state index in [0.29, 0.717) is 23.5 Å². The van der Waals surface area contributed by atoms with Crippen LogP contribution < -0.4 is 5.32 Å². The normalized spacial score (nSPS) is 10.5. The zero-order valence-corrected chi connectivity index (χ0v) is 14.1. The Kier molecular flexibility index (Phi) is 4.70. The number of carbonyl (C=O) groups is 2. The molecule has 0 unspecified atom stereocenters. The molecule has 1 amide bonds. The maximum atomic E-state index is 12.5. The van der Waals surface area contributed by atoms with E-state index in [1.165, 1.54) is 6.92 Å². The minimum atomic E-state index is -0.350. The van der Waals surface area contributed by atoms with Crippen molar-refractivity contribution >= 4 is 17.4 Å². The second kappa shape index (κ2) is 7.09. The smallest absolute Gasteiger partial charge is 0.278 e. The van der Waals surface area contributed by atoms with Gasteiger partial charge in [-0.2, -0.15) is 0 Å². The standard InChI is InChI=1S/C19H18N4O2/c1-13-18(21-22-23(13)12-15-7-4-3-5-8-15)19(25)20-17-10-6-9-16(11-17)14(2)24/h3-11H,12H2,1-2H3,(H,20,25). The Balaban J connectivity index is 1.77. The van der Waals surface area contributed by atoms with Crippen LogP contribution in [0.15, 0.2) is 54.6 Å². The fourth-order valence-electron chi connectivity index (χ4n) is 2.48. The predicted molar refractivity (Wildman–Crippen MR) is 94.7 cm³/mol. The van der Waals surface area contributed by atoms with Crippen molar-refractivity contribution in [3.8, 4) is 0 Å². The van der Waals surface area contributed by atoms with Gasteiger partial charge in [-0.1, -0.05) is 47.7 Å². The number of ketones is 1. The van der Waals surface area contributed by atoms with E-state index in [2.05, 4.69) is 15.6 Å². The van der Waals surface area contributed by atoms with Crippen molar-refractivity contribution in [1.29, 1.82) is 0 Å². The van der Waals surface area contributed by atoms with Crippen LogP contribution in [0.4, 0.5) is 5.69 Å². The molecule has 0 saturated heterocycles. The number of Topliss-reactive ketones (excluding diaryl/α,β-unsaturated/α-hetero) is 1. The molecule has 0 atom stereocenters.